The SMILES string of the molecule is COc1ccc(-c2ccnc(N)c2Br)cc1. The van der Waals surface area contributed by atoms with Crippen LogP contribution < -0.4 is 10.5 Å². The Morgan fingerprint density at radius 1 is 1.19 bits per heavy atom. The van der Waals surface area contributed by atoms with Crippen LogP contribution in [-0.2, 0) is 0 Å². The first-order chi connectivity index (χ1) is 7.72. The van der Waals surface area contributed by atoms with Crippen LogP contribution in [-0.4, -0.2) is 12.1 Å². The number of benzene rings is 1. The first kappa shape index (κ1) is 11.0. The van der Waals surface area contributed by atoms with Crippen LogP contribution in [0.1, 0.15) is 0 Å². The van der Waals surface area contributed by atoms with E-state index in [0.717, 1.165) is 21.3 Å². The van der Waals surface area contributed by atoms with Crippen molar-refractivity contribution in [3.63, 3.8) is 0 Å². The van der Waals surface area contributed by atoms with E-state index in [2.05, 4.69) is 20.9 Å². The molecule has 0 aliphatic heterocycles. The molecule has 3 nitrogen and oxygen atoms in total. The van der Waals surface area contributed by atoms with Gasteiger partial charge >= 0.3 is 0 Å². The zero-order valence-electron chi connectivity index (χ0n) is 8.77. The Balaban J connectivity index is 2.46. The third kappa shape index (κ3) is 2.02. The summed E-state index contributed by atoms with van der Waals surface area (Å²) < 4.78 is 5.93. The Morgan fingerprint density at radius 2 is 1.88 bits per heavy atom. The summed E-state index contributed by atoms with van der Waals surface area (Å²) in [5.74, 6) is 1.33. The average Bonchev–Trinajstić information content (AvgIpc) is 2.33. The fraction of sp³-hybridized carbons (Fsp3) is 0.0833. The quantitative estimate of drug-likeness (QED) is 0.918. The standard InChI is InChI=1S/C12H11BrN2O/c1-16-9-4-2-8(3-5-9)10-6-7-15-12(14)11(10)13/h2-7H,1H3,(H2,14,15). The molecule has 16 heavy (non-hydrogen) atoms. The van der Waals surface area contributed by atoms with Crippen LogP contribution in [0.2, 0.25) is 0 Å². The fourth-order valence-corrected chi connectivity index (χ4v) is 1.92. The summed E-state index contributed by atoms with van der Waals surface area (Å²) in [7, 11) is 1.65. The van der Waals surface area contributed by atoms with E-state index in [-0.39, 0.29) is 0 Å². The van der Waals surface area contributed by atoms with Crippen LogP contribution >= 0.6 is 15.9 Å². The van der Waals surface area contributed by atoms with Gasteiger partial charge in [-0.3, -0.25) is 0 Å². The van der Waals surface area contributed by atoms with Gasteiger partial charge in [0.15, 0.2) is 0 Å². The smallest absolute Gasteiger partial charge is 0.138 e. The number of anilines is 1. The number of rotatable bonds is 2. The molecule has 1 heterocycles. The van der Waals surface area contributed by atoms with Crippen LogP contribution in [0.5, 0.6) is 5.75 Å². The lowest BCUT2D eigenvalue weighted by Crippen LogP contribution is -1.92. The number of hydrogen-bond acceptors (Lipinski definition) is 3. The number of nitrogens with zero attached hydrogens (tertiary/aromatic N) is 1. The normalized spacial score (nSPS) is 10.1. The Labute approximate surface area is 102 Å². The maximum absolute atomic E-state index is 5.73. The molecule has 82 valence electrons. The molecule has 2 rings (SSSR count). The predicted octanol–water partition coefficient (Wildman–Crippen LogP) is 3.10. The fourth-order valence-electron chi connectivity index (χ4n) is 1.45. The predicted molar refractivity (Wildman–Crippen MR) is 68.3 cm³/mol. The van der Waals surface area contributed by atoms with E-state index in [1.165, 1.54) is 0 Å². The van der Waals surface area contributed by atoms with Gasteiger partial charge in [0.25, 0.3) is 0 Å². The second kappa shape index (κ2) is 4.53. The lowest BCUT2D eigenvalue weighted by Gasteiger charge is -2.07. The molecule has 0 radical (unpaired) electrons. The number of pyridine rings is 1. The zero-order chi connectivity index (χ0) is 11.5. The molecule has 1 aromatic carbocycles. The number of methoxy groups -OCH3 is 1. The molecule has 0 saturated heterocycles. The molecule has 0 saturated carbocycles. The molecule has 0 bridgehead atoms. The minimum Gasteiger partial charge on any atom is -0.497 e. The maximum Gasteiger partial charge on any atom is 0.138 e. The molecule has 0 amide bonds. The highest BCUT2D eigenvalue weighted by molar-refractivity contribution is 9.10. The number of halogens is 1. The summed E-state index contributed by atoms with van der Waals surface area (Å²) in [6.45, 7) is 0. The van der Waals surface area contributed by atoms with E-state index < -0.39 is 0 Å². The highest BCUT2D eigenvalue weighted by Crippen LogP contribution is 2.31. The van der Waals surface area contributed by atoms with Crippen molar-refractivity contribution < 1.29 is 4.74 Å². The first-order valence-corrected chi connectivity index (χ1v) is 5.56. The van der Waals surface area contributed by atoms with E-state index in [1.807, 2.05) is 30.3 Å². The number of hydrogen-bond donors (Lipinski definition) is 1. The first-order valence-electron chi connectivity index (χ1n) is 4.77. The molecular weight excluding hydrogens is 268 g/mol. The van der Waals surface area contributed by atoms with Crippen molar-refractivity contribution in [1.29, 1.82) is 0 Å². The van der Waals surface area contributed by atoms with Crippen molar-refractivity contribution in [2.45, 2.75) is 0 Å². The third-order valence-corrected chi connectivity index (χ3v) is 3.15. The molecule has 0 unspecified atom stereocenters. The van der Waals surface area contributed by atoms with Gasteiger partial charge < -0.3 is 10.5 Å². The van der Waals surface area contributed by atoms with Crippen molar-refractivity contribution >= 4 is 21.7 Å². The van der Waals surface area contributed by atoms with Crippen molar-refractivity contribution in [1.82, 2.24) is 4.98 Å². The molecule has 1 aromatic heterocycles. The lowest BCUT2D eigenvalue weighted by molar-refractivity contribution is 0.415. The van der Waals surface area contributed by atoms with Gasteiger partial charge in [-0.05, 0) is 39.7 Å². The van der Waals surface area contributed by atoms with Gasteiger partial charge in [-0.25, -0.2) is 4.98 Å². The van der Waals surface area contributed by atoms with Gasteiger partial charge in [-0.15, -0.1) is 0 Å². The van der Waals surface area contributed by atoms with Gasteiger partial charge in [0.1, 0.15) is 11.6 Å². The summed E-state index contributed by atoms with van der Waals surface area (Å²) in [5, 5.41) is 0. The average molecular weight is 279 g/mol. The molecular formula is C12H11BrN2O. The van der Waals surface area contributed by atoms with E-state index in [4.69, 9.17) is 10.5 Å². The topological polar surface area (TPSA) is 48.1 Å². The molecule has 4 heteroatoms. The van der Waals surface area contributed by atoms with Crippen LogP contribution in [0.3, 0.4) is 0 Å². The summed E-state index contributed by atoms with van der Waals surface area (Å²) in [5.41, 5.74) is 7.83. The number of aromatic nitrogens is 1. The molecule has 0 atom stereocenters. The van der Waals surface area contributed by atoms with Gasteiger partial charge in [0.2, 0.25) is 0 Å². The van der Waals surface area contributed by atoms with E-state index in [0.29, 0.717) is 5.82 Å². The minimum atomic E-state index is 0.494. The third-order valence-electron chi connectivity index (χ3n) is 2.32. The van der Waals surface area contributed by atoms with Crippen molar-refractivity contribution in [2.24, 2.45) is 0 Å². The summed E-state index contributed by atoms with van der Waals surface area (Å²) in [6.07, 6.45) is 1.69. The number of ether oxygens (including phenoxy) is 1. The monoisotopic (exact) mass is 278 g/mol. The van der Waals surface area contributed by atoms with E-state index in [1.54, 1.807) is 13.3 Å². The summed E-state index contributed by atoms with van der Waals surface area (Å²) in [6, 6.07) is 9.72. The van der Waals surface area contributed by atoms with Gasteiger partial charge in [0.05, 0.1) is 11.6 Å². The van der Waals surface area contributed by atoms with Crippen LogP contribution in [0, 0.1) is 0 Å². The number of nitrogens with two attached hydrogens (primary N) is 1. The van der Waals surface area contributed by atoms with Gasteiger partial charge in [0, 0.05) is 11.8 Å². The molecule has 0 spiro atoms. The molecule has 0 aliphatic rings. The van der Waals surface area contributed by atoms with Crippen LogP contribution in [0.4, 0.5) is 5.82 Å². The highest BCUT2D eigenvalue weighted by atomic mass is 79.9. The summed E-state index contributed by atoms with van der Waals surface area (Å²) >= 11 is 3.43. The van der Waals surface area contributed by atoms with Crippen molar-refractivity contribution in [3.8, 4) is 16.9 Å². The molecule has 0 aliphatic carbocycles. The summed E-state index contributed by atoms with van der Waals surface area (Å²) in [4.78, 5) is 4.00. The Kier molecular flexibility index (Phi) is 3.10. The molecule has 2 N–H and O–H groups in total. The maximum atomic E-state index is 5.73. The minimum absolute atomic E-state index is 0.494. The van der Waals surface area contributed by atoms with Gasteiger partial charge in [-0.1, -0.05) is 12.1 Å². The van der Waals surface area contributed by atoms with Crippen LogP contribution in [0.25, 0.3) is 11.1 Å². The lowest BCUT2D eigenvalue weighted by atomic mass is 10.1. The Bertz CT molecular complexity index is 497. The van der Waals surface area contributed by atoms with Crippen molar-refractivity contribution in [3.05, 3.63) is 41.0 Å². The largest absolute Gasteiger partial charge is 0.497 e. The van der Waals surface area contributed by atoms with Crippen LogP contribution in [0.15, 0.2) is 41.0 Å². The number of nitrogen functional groups attached to an aromatic ring is 1. The molecule has 2 aromatic rings. The zero-order valence-corrected chi connectivity index (χ0v) is 10.4. The Morgan fingerprint density at radius 3 is 2.50 bits per heavy atom. The van der Waals surface area contributed by atoms with Crippen molar-refractivity contribution in [2.75, 3.05) is 12.8 Å². The van der Waals surface area contributed by atoms with E-state index >= 15 is 0 Å². The van der Waals surface area contributed by atoms with E-state index in [9.17, 15) is 0 Å². The second-order valence-electron chi connectivity index (χ2n) is 3.29. The second-order valence-corrected chi connectivity index (χ2v) is 4.08. The Hall–Kier alpha value is -1.55. The highest BCUT2D eigenvalue weighted by Gasteiger charge is 2.06. The van der Waals surface area contributed by atoms with Gasteiger partial charge in [-0.2, -0.15) is 0 Å². The molecule has 0 fully saturated rings.